The molecule has 3 heteroatoms. The fraction of sp³-hybridized carbons (Fsp3) is 0.250. The molecule has 0 saturated heterocycles. The standard InChI is InChI=1S/C16H20NSi2/c1-3-17(4-2)19(18,15-11-7-5-8-12-15)16-13-9-6-10-14-16/h5-14H,3-4H2,1-2H3. The molecule has 0 bridgehead atoms. The monoisotopic (exact) mass is 282 g/mol. The molecule has 0 unspecified atom stereocenters. The van der Waals surface area contributed by atoms with E-state index in [9.17, 15) is 0 Å². The predicted molar refractivity (Wildman–Crippen MR) is 86.6 cm³/mol. The molecule has 0 aliphatic carbocycles. The van der Waals surface area contributed by atoms with Crippen LogP contribution < -0.4 is 10.4 Å². The van der Waals surface area contributed by atoms with Crippen LogP contribution in [0.5, 0.6) is 0 Å². The van der Waals surface area contributed by atoms with Gasteiger partial charge in [0.05, 0.1) is 0 Å². The van der Waals surface area contributed by atoms with E-state index >= 15 is 0 Å². The van der Waals surface area contributed by atoms with Crippen LogP contribution in [0.2, 0.25) is 0 Å². The van der Waals surface area contributed by atoms with Gasteiger partial charge >= 0.3 is 0 Å². The molecule has 0 N–H and O–H groups in total. The molecule has 0 atom stereocenters. The predicted octanol–water partition coefficient (Wildman–Crippen LogP) is 1.75. The molecular weight excluding hydrogens is 262 g/mol. The minimum Gasteiger partial charge on any atom is -0.320 e. The lowest BCUT2D eigenvalue weighted by Gasteiger charge is -2.39. The second kappa shape index (κ2) is 6.32. The van der Waals surface area contributed by atoms with E-state index < -0.39 is 7.75 Å². The van der Waals surface area contributed by atoms with Crippen LogP contribution in [-0.4, -0.2) is 35.2 Å². The number of hydrogen-bond donors (Lipinski definition) is 0. The Morgan fingerprint density at radius 1 is 0.789 bits per heavy atom. The van der Waals surface area contributed by atoms with Crippen LogP contribution >= 0.6 is 0 Å². The molecule has 2 rings (SSSR count). The number of hydrogen-bond acceptors (Lipinski definition) is 1. The first-order valence-corrected chi connectivity index (χ1v) is 10.3. The van der Waals surface area contributed by atoms with Crippen LogP contribution in [0, 0.1) is 0 Å². The molecule has 0 aromatic heterocycles. The highest BCUT2D eigenvalue weighted by Crippen LogP contribution is 2.08. The van der Waals surface area contributed by atoms with Crippen LogP contribution in [0.3, 0.4) is 0 Å². The molecule has 0 fully saturated rings. The van der Waals surface area contributed by atoms with Crippen LogP contribution in [-0.2, 0) is 0 Å². The van der Waals surface area contributed by atoms with Crippen molar-refractivity contribution >= 4 is 27.9 Å². The normalized spacial score (nSPS) is 11.8. The second-order valence-electron chi connectivity index (χ2n) is 4.61. The molecule has 19 heavy (non-hydrogen) atoms. The Labute approximate surface area is 120 Å². The van der Waals surface area contributed by atoms with Crippen molar-refractivity contribution in [3.8, 4) is 0 Å². The van der Waals surface area contributed by atoms with Gasteiger partial charge in [-0.2, -0.15) is 0 Å². The molecule has 2 aromatic rings. The van der Waals surface area contributed by atoms with E-state index in [2.05, 4.69) is 88.8 Å². The van der Waals surface area contributed by atoms with Gasteiger partial charge in [-0.25, -0.2) is 0 Å². The molecule has 3 radical (unpaired) electrons. The fourth-order valence-corrected chi connectivity index (χ4v) is 7.90. The van der Waals surface area contributed by atoms with Crippen LogP contribution in [0.25, 0.3) is 0 Å². The van der Waals surface area contributed by atoms with E-state index in [4.69, 9.17) is 0 Å². The molecular formula is C16H20NSi2. The maximum absolute atomic E-state index is 4.22. The highest BCUT2D eigenvalue weighted by Gasteiger charge is 2.36. The second-order valence-corrected chi connectivity index (χ2v) is 9.99. The molecule has 0 aliphatic rings. The first-order valence-electron chi connectivity index (χ1n) is 6.84. The van der Waals surface area contributed by atoms with Crippen molar-refractivity contribution in [2.24, 2.45) is 0 Å². The highest BCUT2D eigenvalue weighted by molar-refractivity contribution is 7.30. The minimum absolute atomic E-state index is 1.05. The lowest BCUT2D eigenvalue weighted by molar-refractivity contribution is 0.486. The third kappa shape index (κ3) is 2.73. The smallest absolute Gasteiger partial charge is 0.170 e. The highest BCUT2D eigenvalue weighted by atomic mass is 29.2. The van der Waals surface area contributed by atoms with E-state index in [0.29, 0.717) is 0 Å². The summed E-state index contributed by atoms with van der Waals surface area (Å²) in [5.74, 6) is 0. The van der Waals surface area contributed by atoms with Crippen molar-refractivity contribution in [3.05, 3.63) is 60.7 Å². The molecule has 1 nitrogen and oxygen atoms in total. The van der Waals surface area contributed by atoms with Gasteiger partial charge < -0.3 is 4.57 Å². The summed E-state index contributed by atoms with van der Waals surface area (Å²) in [6.07, 6.45) is 0. The minimum atomic E-state index is -1.99. The van der Waals surface area contributed by atoms with E-state index in [1.807, 2.05) is 0 Å². The third-order valence-corrected chi connectivity index (χ3v) is 10.2. The molecule has 0 amide bonds. The molecule has 2 aromatic carbocycles. The zero-order chi connectivity index (χ0) is 13.7. The van der Waals surface area contributed by atoms with Crippen molar-refractivity contribution in [2.45, 2.75) is 13.8 Å². The Balaban J connectivity index is 2.57. The molecule has 0 saturated carbocycles. The number of nitrogens with zero attached hydrogens (tertiary/aromatic N) is 1. The Hall–Kier alpha value is -1.17. The lowest BCUT2D eigenvalue weighted by Crippen LogP contribution is -2.71. The summed E-state index contributed by atoms with van der Waals surface area (Å²) >= 11 is 0. The largest absolute Gasteiger partial charge is 0.320 e. The third-order valence-electron chi connectivity index (χ3n) is 3.62. The fourth-order valence-electron chi connectivity index (χ4n) is 2.59. The summed E-state index contributed by atoms with van der Waals surface area (Å²) in [7, 11) is 2.22. The summed E-state index contributed by atoms with van der Waals surface area (Å²) < 4.78 is 2.56. The van der Waals surface area contributed by atoms with Crippen molar-refractivity contribution in [1.29, 1.82) is 0 Å². The van der Waals surface area contributed by atoms with Gasteiger partial charge in [-0.1, -0.05) is 74.5 Å². The van der Waals surface area contributed by atoms with E-state index in [0.717, 1.165) is 13.1 Å². The van der Waals surface area contributed by atoms with E-state index in [1.165, 1.54) is 10.4 Å². The number of rotatable bonds is 5. The Kier molecular flexibility index (Phi) is 4.74. The summed E-state index contributed by atoms with van der Waals surface area (Å²) in [5, 5.41) is 2.81. The van der Waals surface area contributed by atoms with E-state index in [-0.39, 0.29) is 0 Å². The summed E-state index contributed by atoms with van der Waals surface area (Å²) in [5.41, 5.74) is 0. The Bertz CT molecular complexity index is 455. The molecule has 97 valence electrons. The zero-order valence-corrected chi connectivity index (χ0v) is 13.6. The topological polar surface area (TPSA) is 3.24 Å². The number of benzene rings is 2. The van der Waals surface area contributed by atoms with Crippen LogP contribution in [0.15, 0.2) is 60.7 Å². The van der Waals surface area contributed by atoms with Crippen LogP contribution in [0.1, 0.15) is 13.8 Å². The SMILES string of the molecule is CCN(CC)[Si]([Si])(c1ccccc1)c1ccccc1. The van der Waals surface area contributed by atoms with Gasteiger partial charge in [-0.05, 0) is 23.5 Å². The Morgan fingerprint density at radius 2 is 1.16 bits per heavy atom. The zero-order valence-electron chi connectivity index (χ0n) is 11.6. The summed E-state index contributed by atoms with van der Waals surface area (Å²) in [6.45, 7) is 6.57. The van der Waals surface area contributed by atoms with E-state index in [1.54, 1.807) is 0 Å². The van der Waals surface area contributed by atoms with Gasteiger partial charge in [-0.15, -0.1) is 0 Å². The average Bonchev–Trinajstić information content (AvgIpc) is 2.50. The molecule has 0 heterocycles. The van der Waals surface area contributed by atoms with Crippen LogP contribution in [0.4, 0.5) is 0 Å². The van der Waals surface area contributed by atoms with Crippen molar-refractivity contribution in [1.82, 2.24) is 4.57 Å². The quantitative estimate of drug-likeness (QED) is 0.755. The average molecular weight is 283 g/mol. The summed E-state index contributed by atoms with van der Waals surface area (Å²) in [6, 6.07) is 21.6. The van der Waals surface area contributed by atoms with Gasteiger partial charge in [0.2, 0.25) is 0 Å². The maximum Gasteiger partial charge on any atom is 0.170 e. The van der Waals surface area contributed by atoms with Gasteiger partial charge in [0.1, 0.15) is 0 Å². The Morgan fingerprint density at radius 3 is 1.47 bits per heavy atom. The van der Waals surface area contributed by atoms with Crippen molar-refractivity contribution in [3.63, 3.8) is 0 Å². The first kappa shape index (κ1) is 14.2. The van der Waals surface area contributed by atoms with Gasteiger partial charge in [0.25, 0.3) is 0 Å². The van der Waals surface area contributed by atoms with Crippen molar-refractivity contribution in [2.75, 3.05) is 13.1 Å². The molecule has 0 aliphatic heterocycles. The van der Waals surface area contributed by atoms with Crippen molar-refractivity contribution < 1.29 is 0 Å². The maximum atomic E-state index is 4.22. The first-order chi connectivity index (χ1) is 9.23. The van der Waals surface area contributed by atoms with Gasteiger partial charge in [0.15, 0.2) is 7.75 Å². The van der Waals surface area contributed by atoms with Gasteiger partial charge in [-0.3, -0.25) is 0 Å². The summed E-state index contributed by atoms with van der Waals surface area (Å²) in [4.78, 5) is 0. The van der Waals surface area contributed by atoms with Gasteiger partial charge in [0, 0.05) is 9.76 Å². The lowest BCUT2D eigenvalue weighted by atomic mass is 10.4. The molecule has 0 spiro atoms.